The molecule has 5 heteroatoms. The molecule has 0 aliphatic heterocycles. The lowest BCUT2D eigenvalue weighted by atomic mass is 10.1. The Labute approximate surface area is 97.1 Å². The van der Waals surface area contributed by atoms with Crippen molar-refractivity contribution in [2.24, 2.45) is 0 Å². The lowest BCUT2D eigenvalue weighted by molar-refractivity contribution is 0.321. The van der Waals surface area contributed by atoms with Crippen LogP contribution in [0.5, 0.6) is 5.75 Å². The molecule has 1 N–H and O–H groups in total. The predicted molar refractivity (Wildman–Crippen MR) is 61.4 cm³/mol. The molecule has 2 rings (SSSR count). The number of halogens is 1. The number of H-pyrrole nitrogens is 1. The highest BCUT2D eigenvalue weighted by Gasteiger charge is 2.06. The summed E-state index contributed by atoms with van der Waals surface area (Å²) in [6, 6.07) is 4.56. The van der Waals surface area contributed by atoms with Crippen molar-refractivity contribution in [3.63, 3.8) is 0 Å². The molecule has 17 heavy (non-hydrogen) atoms. The second-order valence-electron chi connectivity index (χ2n) is 3.37. The lowest BCUT2D eigenvalue weighted by Gasteiger charge is -2.06. The first-order valence-electron chi connectivity index (χ1n) is 5.18. The second-order valence-corrected chi connectivity index (χ2v) is 3.37. The maximum atomic E-state index is 13.6. The van der Waals surface area contributed by atoms with E-state index in [4.69, 9.17) is 4.74 Å². The molecule has 1 heterocycles. The van der Waals surface area contributed by atoms with Gasteiger partial charge in [0.15, 0.2) is 11.6 Å². The Balaban J connectivity index is 2.37. The fourth-order valence-corrected chi connectivity index (χ4v) is 1.43. The molecular weight excluding hydrogens is 223 g/mol. The number of ether oxygens (including phenoxy) is 1. The van der Waals surface area contributed by atoms with Crippen molar-refractivity contribution in [1.29, 1.82) is 0 Å². The molecule has 1 aromatic heterocycles. The number of aromatic nitrogens is 2. The van der Waals surface area contributed by atoms with Crippen LogP contribution in [0.15, 0.2) is 35.4 Å². The van der Waals surface area contributed by atoms with E-state index in [-0.39, 0.29) is 11.3 Å². The first-order valence-corrected chi connectivity index (χ1v) is 5.18. The Morgan fingerprint density at radius 1 is 1.47 bits per heavy atom. The fraction of sp³-hybridized carbons (Fsp3) is 0.167. The van der Waals surface area contributed by atoms with Crippen molar-refractivity contribution in [2.45, 2.75) is 6.92 Å². The van der Waals surface area contributed by atoms with E-state index < -0.39 is 5.82 Å². The summed E-state index contributed by atoms with van der Waals surface area (Å²) in [5.41, 5.74) is 0.800. The number of hydrogen-bond acceptors (Lipinski definition) is 3. The molecule has 0 atom stereocenters. The zero-order valence-electron chi connectivity index (χ0n) is 9.24. The third-order valence-electron chi connectivity index (χ3n) is 2.20. The highest BCUT2D eigenvalue weighted by atomic mass is 19.1. The zero-order valence-corrected chi connectivity index (χ0v) is 9.24. The average Bonchev–Trinajstić information content (AvgIpc) is 2.33. The van der Waals surface area contributed by atoms with Crippen LogP contribution in [-0.4, -0.2) is 16.6 Å². The quantitative estimate of drug-likeness (QED) is 0.883. The van der Waals surface area contributed by atoms with Crippen molar-refractivity contribution in [3.8, 4) is 17.0 Å². The van der Waals surface area contributed by atoms with E-state index in [1.807, 2.05) is 0 Å². The predicted octanol–water partition coefficient (Wildman–Crippen LogP) is 1.97. The van der Waals surface area contributed by atoms with Crippen LogP contribution in [0.1, 0.15) is 6.92 Å². The Kier molecular flexibility index (Phi) is 3.18. The summed E-state index contributed by atoms with van der Waals surface area (Å²) in [6.45, 7) is 2.20. The molecule has 0 saturated carbocycles. The van der Waals surface area contributed by atoms with E-state index in [9.17, 15) is 9.18 Å². The van der Waals surface area contributed by atoms with Crippen LogP contribution in [0, 0.1) is 5.82 Å². The van der Waals surface area contributed by atoms with Crippen molar-refractivity contribution in [2.75, 3.05) is 6.61 Å². The highest BCUT2D eigenvalue weighted by Crippen LogP contribution is 2.23. The summed E-state index contributed by atoms with van der Waals surface area (Å²) >= 11 is 0. The van der Waals surface area contributed by atoms with E-state index in [2.05, 4.69) is 9.97 Å². The van der Waals surface area contributed by atoms with Crippen LogP contribution >= 0.6 is 0 Å². The van der Waals surface area contributed by atoms with Crippen LogP contribution in [0.2, 0.25) is 0 Å². The Hall–Kier alpha value is -2.17. The summed E-state index contributed by atoms with van der Waals surface area (Å²) in [7, 11) is 0. The number of nitrogens with zero attached hydrogens (tertiary/aromatic N) is 1. The van der Waals surface area contributed by atoms with Gasteiger partial charge in [0.1, 0.15) is 0 Å². The summed E-state index contributed by atoms with van der Waals surface area (Å²) in [5, 5.41) is 0. The molecule has 0 aliphatic rings. The van der Waals surface area contributed by atoms with E-state index in [1.54, 1.807) is 19.1 Å². The van der Waals surface area contributed by atoms with Crippen LogP contribution < -0.4 is 10.3 Å². The van der Waals surface area contributed by atoms with Crippen LogP contribution in [0.3, 0.4) is 0 Å². The number of aromatic amines is 1. The van der Waals surface area contributed by atoms with Gasteiger partial charge in [-0.05, 0) is 25.1 Å². The highest BCUT2D eigenvalue weighted by molar-refractivity contribution is 5.59. The van der Waals surface area contributed by atoms with Crippen LogP contribution in [-0.2, 0) is 0 Å². The summed E-state index contributed by atoms with van der Waals surface area (Å²) < 4.78 is 18.7. The summed E-state index contributed by atoms with van der Waals surface area (Å²) in [6.07, 6.45) is 2.60. The van der Waals surface area contributed by atoms with Gasteiger partial charge in [0.2, 0.25) is 0 Å². The van der Waals surface area contributed by atoms with Crippen LogP contribution in [0.4, 0.5) is 4.39 Å². The topological polar surface area (TPSA) is 55.0 Å². The monoisotopic (exact) mass is 234 g/mol. The van der Waals surface area contributed by atoms with E-state index >= 15 is 0 Å². The standard InChI is InChI=1S/C12H11FN2O2/c1-2-17-11-4-3-8(5-9(11)13)10-6-15-12(16)7-14-10/h3-7H,2H2,1H3,(H,15,16). The molecule has 0 amide bonds. The summed E-state index contributed by atoms with van der Waals surface area (Å²) in [5.74, 6) is -0.238. The minimum Gasteiger partial charge on any atom is -0.491 e. The molecular formula is C12H11FN2O2. The van der Waals surface area contributed by atoms with E-state index in [0.717, 1.165) is 6.20 Å². The Bertz CT molecular complexity index is 560. The van der Waals surface area contributed by atoms with Gasteiger partial charge >= 0.3 is 0 Å². The van der Waals surface area contributed by atoms with Crippen molar-refractivity contribution < 1.29 is 9.13 Å². The molecule has 0 unspecified atom stereocenters. The molecule has 0 bridgehead atoms. The number of benzene rings is 1. The first kappa shape index (κ1) is 11.3. The largest absolute Gasteiger partial charge is 0.491 e. The summed E-state index contributed by atoms with van der Waals surface area (Å²) in [4.78, 5) is 17.2. The molecule has 0 radical (unpaired) electrons. The molecule has 88 valence electrons. The van der Waals surface area contributed by atoms with Crippen molar-refractivity contribution in [1.82, 2.24) is 9.97 Å². The van der Waals surface area contributed by atoms with Gasteiger partial charge in [-0.3, -0.25) is 4.79 Å². The fourth-order valence-electron chi connectivity index (χ4n) is 1.43. The average molecular weight is 234 g/mol. The SMILES string of the molecule is CCOc1ccc(-c2c[nH]c(=O)cn2)cc1F. The van der Waals surface area contributed by atoms with Gasteiger partial charge in [-0.2, -0.15) is 0 Å². The van der Waals surface area contributed by atoms with Crippen LogP contribution in [0.25, 0.3) is 11.3 Å². The first-order chi connectivity index (χ1) is 8.20. The Morgan fingerprint density at radius 3 is 2.88 bits per heavy atom. The molecule has 0 saturated heterocycles. The van der Waals surface area contributed by atoms with Crippen molar-refractivity contribution in [3.05, 3.63) is 46.8 Å². The van der Waals surface area contributed by atoms with E-state index in [0.29, 0.717) is 17.9 Å². The van der Waals surface area contributed by atoms with Gasteiger partial charge < -0.3 is 9.72 Å². The number of hydrogen-bond donors (Lipinski definition) is 1. The molecule has 4 nitrogen and oxygen atoms in total. The second kappa shape index (κ2) is 4.78. The van der Waals surface area contributed by atoms with E-state index in [1.165, 1.54) is 12.3 Å². The van der Waals surface area contributed by atoms with Gasteiger partial charge in [-0.25, -0.2) is 9.37 Å². The smallest absolute Gasteiger partial charge is 0.266 e. The maximum absolute atomic E-state index is 13.6. The number of rotatable bonds is 3. The van der Waals surface area contributed by atoms with Gasteiger partial charge in [0.25, 0.3) is 5.56 Å². The Morgan fingerprint density at radius 2 is 2.29 bits per heavy atom. The minimum atomic E-state index is -0.447. The van der Waals surface area contributed by atoms with Gasteiger partial charge in [-0.1, -0.05) is 0 Å². The molecule has 0 fully saturated rings. The lowest BCUT2D eigenvalue weighted by Crippen LogP contribution is -2.04. The minimum absolute atomic E-state index is 0.209. The van der Waals surface area contributed by atoms with Gasteiger partial charge in [0.05, 0.1) is 18.5 Å². The number of nitrogens with one attached hydrogen (secondary N) is 1. The van der Waals surface area contributed by atoms with Crippen molar-refractivity contribution >= 4 is 0 Å². The zero-order chi connectivity index (χ0) is 12.3. The third kappa shape index (κ3) is 2.50. The van der Waals surface area contributed by atoms with Gasteiger partial charge in [0, 0.05) is 11.8 Å². The normalized spacial score (nSPS) is 10.2. The molecule has 1 aromatic carbocycles. The third-order valence-corrected chi connectivity index (χ3v) is 2.20. The molecule has 2 aromatic rings. The maximum Gasteiger partial charge on any atom is 0.266 e. The van der Waals surface area contributed by atoms with Gasteiger partial charge in [-0.15, -0.1) is 0 Å². The molecule has 0 aliphatic carbocycles. The molecule has 0 spiro atoms.